The minimum absolute atomic E-state index is 0.251. The molecule has 1 aromatic carbocycles. The van der Waals surface area contributed by atoms with Crippen molar-refractivity contribution in [1.29, 1.82) is 0 Å². The summed E-state index contributed by atoms with van der Waals surface area (Å²) < 4.78 is 10.1. The lowest BCUT2D eigenvalue weighted by Crippen LogP contribution is -2.53. The van der Waals surface area contributed by atoms with E-state index in [1.165, 1.54) is 12.0 Å². The van der Waals surface area contributed by atoms with Gasteiger partial charge in [-0.3, -0.25) is 24.6 Å². The first-order chi connectivity index (χ1) is 11.9. The minimum atomic E-state index is -1.25. The van der Waals surface area contributed by atoms with E-state index < -0.39 is 29.4 Å². The molecule has 0 aromatic heterocycles. The second kappa shape index (κ2) is 6.15. The van der Waals surface area contributed by atoms with E-state index in [2.05, 4.69) is 5.32 Å². The smallest absolute Gasteiger partial charge is 0.326 e. The summed E-state index contributed by atoms with van der Waals surface area (Å²) >= 11 is 0. The Bertz CT molecular complexity index is 717. The van der Waals surface area contributed by atoms with Crippen molar-refractivity contribution in [3.63, 3.8) is 0 Å². The zero-order valence-electron chi connectivity index (χ0n) is 14.7. The zero-order chi connectivity index (χ0) is 18.4. The fraction of sp³-hybridized carbons (Fsp3) is 0.500. The summed E-state index contributed by atoms with van der Waals surface area (Å²) in [7, 11) is 2.86. The number of nitrogens with one attached hydrogen (secondary N) is 1. The number of fused-ring (bicyclic) bond motifs is 1. The summed E-state index contributed by atoms with van der Waals surface area (Å²) in [6.45, 7) is 3.67. The highest BCUT2D eigenvalue weighted by molar-refractivity contribution is 6.09. The molecule has 2 aliphatic heterocycles. The molecule has 0 bridgehead atoms. The molecule has 0 aliphatic carbocycles. The van der Waals surface area contributed by atoms with Crippen LogP contribution < -0.4 is 10.1 Å². The maximum Gasteiger partial charge on any atom is 0.326 e. The maximum atomic E-state index is 12.8. The van der Waals surface area contributed by atoms with Gasteiger partial charge in [0.15, 0.2) is 0 Å². The van der Waals surface area contributed by atoms with Crippen molar-refractivity contribution in [2.45, 2.75) is 25.4 Å². The van der Waals surface area contributed by atoms with Crippen molar-refractivity contribution in [3.8, 4) is 5.75 Å². The first-order valence-corrected chi connectivity index (χ1v) is 8.24. The standard InChI is InChI=1S/C18H22N2O5/c1-5-20-15(21)12-13(16(20)22)18(2,17(23)25-4)19-14(12)10-6-8-11(24-3)9-7-10/h6-9,12-14,19H,5H2,1-4H3/t12-,13-,14+,18+/m0/s1. The van der Waals surface area contributed by atoms with Gasteiger partial charge >= 0.3 is 5.97 Å². The van der Waals surface area contributed by atoms with E-state index in [0.717, 1.165) is 5.56 Å². The highest BCUT2D eigenvalue weighted by Crippen LogP contribution is 2.48. The molecule has 0 radical (unpaired) electrons. The summed E-state index contributed by atoms with van der Waals surface area (Å²) in [6.07, 6.45) is 0. The number of hydrogen-bond acceptors (Lipinski definition) is 6. The topological polar surface area (TPSA) is 84.9 Å². The predicted molar refractivity (Wildman–Crippen MR) is 88.7 cm³/mol. The number of hydrogen-bond donors (Lipinski definition) is 1. The van der Waals surface area contributed by atoms with E-state index in [9.17, 15) is 14.4 Å². The molecule has 7 heteroatoms. The van der Waals surface area contributed by atoms with Crippen LogP contribution in [0.25, 0.3) is 0 Å². The number of amides is 2. The van der Waals surface area contributed by atoms with Crippen LogP contribution in [0.15, 0.2) is 24.3 Å². The Morgan fingerprint density at radius 2 is 1.84 bits per heavy atom. The Kier molecular flexibility index (Phi) is 4.28. The number of methoxy groups -OCH3 is 2. The molecule has 7 nitrogen and oxygen atoms in total. The third-order valence-corrected chi connectivity index (χ3v) is 5.28. The number of likely N-dealkylation sites (tertiary alicyclic amines) is 1. The molecule has 134 valence electrons. The van der Waals surface area contributed by atoms with Crippen molar-refractivity contribution in [2.24, 2.45) is 11.8 Å². The van der Waals surface area contributed by atoms with Crippen LogP contribution in [0.4, 0.5) is 0 Å². The van der Waals surface area contributed by atoms with Gasteiger partial charge in [-0.2, -0.15) is 0 Å². The Labute approximate surface area is 146 Å². The van der Waals surface area contributed by atoms with Gasteiger partial charge in [-0.15, -0.1) is 0 Å². The van der Waals surface area contributed by atoms with Gasteiger partial charge in [-0.05, 0) is 31.5 Å². The first kappa shape index (κ1) is 17.4. The van der Waals surface area contributed by atoms with Crippen molar-refractivity contribution < 1.29 is 23.9 Å². The third kappa shape index (κ3) is 2.41. The Balaban J connectivity index is 2.06. The largest absolute Gasteiger partial charge is 0.497 e. The maximum absolute atomic E-state index is 12.8. The second-order valence-electron chi connectivity index (χ2n) is 6.51. The molecular weight excluding hydrogens is 324 g/mol. The number of nitrogens with zero attached hydrogens (tertiary/aromatic N) is 1. The van der Waals surface area contributed by atoms with Crippen LogP contribution in [0.1, 0.15) is 25.5 Å². The number of carbonyl (C=O) groups is 3. The average Bonchev–Trinajstić information content (AvgIpc) is 3.08. The number of ether oxygens (including phenoxy) is 2. The van der Waals surface area contributed by atoms with Crippen molar-refractivity contribution >= 4 is 17.8 Å². The molecule has 1 aromatic rings. The van der Waals surface area contributed by atoms with Crippen LogP contribution >= 0.6 is 0 Å². The lowest BCUT2D eigenvalue weighted by molar-refractivity contribution is -0.153. The fourth-order valence-corrected chi connectivity index (χ4v) is 4.01. The van der Waals surface area contributed by atoms with Gasteiger partial charge in [0.1, 0.15) is 11.3 Å². The molecule has 4 atom stereocenters. The van der Waals surface area contributed by atoms with E-state index in [0.29, 0.717) is 5.75 Å². The third-order valence-electron chi connectivity index (χ3n) is 5.28. The average molecular weight is 346 g/mol. The van der Waals surface area contributed by atoms with E-state index in [-0.39, 0.29) is 18.4 Å². The number of imide groups is 1. The van der Waals surface area contributed by atoms with Gasteiger partial charge in [0.2, 0.25) is 11.8 Å². The van der Waals surface area contributed by atoms with Crippen molar-refractivity contribution in [3.05, 3.63) is 29.8 Å². The van der Waals surface area contributed by atoms with Gasteiger partial charge in [-0.1, -0.05) is 12.1 Å². The Morgan fingerprint density at radius 1 is 1.20 bits per heavy atom. The second-order valence-corrected chi connectivity index (χ2v) is 6.51. The van der Waals surface area contributed by atoms with Crippen LogP contribution in [0.3, 0.4) is 0 Å². The molecule has 2 amide bonds. The molecule has 0 saturated carbocycles. The normalized spacial score (nSPS) is 31.2. The monoisotopic (exact) mass is 346 g/mol. The summed E-state index contributed by atoms with van der Waals surface area (Å²) in [6, 6.07) is 6.80. The van der Waals surface area contributed by atoms with E-state index in [1.54, 1.807) is 33.1 Å². The van der Waals surface area contributed by atoms with Crippen LogP contribution in [0.5, 0.6) is 5.75 Å². The fourth-order valence-electron chi connectivity index (χ4n) is 4.01. The van der Waals surface area contributed by atoms with Crippen molar-refractivity contribution in [1.82, 2.24) is 10.2 Å². The molecular formula is C18H22N2O5. The number of esters is 1. The predicted octanol–water partition coefficient (Wildman–Crippen LogP) is 0.892. The van der Waals surface area contributed by atoms with Crippen molar-refractivity contribution in [2.75, 3.05) is 20.8 Å². The summed E-state index contributed by atoms with van der Waals surface area (Å²) in [4.78, 5) is 39.2. The first-order valence-electron chi connectivity index (χ1n) is 8.24. The molecule has 0 spiro atoms. The van der Waals surface area contributed by atoms with Gasteiger partial charge < -0.3 is 9.47 Å². The number of benzene rings is 1. The quantitative estimate of drug-likeness (QED) is 0.644. The molecule has 2 heterocycles. The van der Waals surface area contributed by atoms with E-state index >= 15 is 0 Å². The molecule has 2 aliphatic rings. The minimum Gasteiger partial charge on any atom is -0.497 e. The molecule has 25 heavy (non-hydrogen) atoms. The van der Waals surface area contributed by atoms with E-state index in [1.807, 2.05) is 12.1 Å². The lowest BCUT2D eigenvalue weighted by Gasteiger charge is -2.28. The SMILES string of the molecule is CCN1C(=O)[C@@H]2[C@@H](c3ccc(OC)cc3)N[C@@](C)(C(=O)OC)[C@@H]2C1=O. The van der Waals surface area contributed by atoms with Crippen LogP contribution in [-0.4, -0.2) is 49.0 Å². The Hall–Kier alpha value is -2.41. The van der Waals surface area contributed by atoms with Gasteiger partial charge in [0, 0.05) is 12.6 Å². The summed E-state index contributed by atoms with van der Waals surface area (Å²) in [5, 5.41) is 3.20. The molecule has 2 saturated heterocycles. The summed E-state index contributed by atoms with van der Waals surface area (Å²) in [5.41, 5.74) is -0.428. The van der Waals surface area contributed by atoms with Gasteiger partial charge in [-0.25, -0.2) is 0 Å². The molecule has 2 fully saturated rings. The van der Waals surface area contributed by atoms with Crippen LogP contribution in [0.2, 0.25) is 0 Å². The lowest BCUT2D eigenvalue weighted by atomic mass is 9.80. The van der Waals surface area contributed by atoms with Crippen LogP contribution in [-0.2, 0) is 19.1 Å². The highest BCUT2D eigenvalue weighted by atomic mass is 16.5. The van der Waals surface area contributed by atoms with Gasteiger partial charge in [0.25, 0.3) is 0 Å². The zero-order valence-corrected chi connectivity index (χ0v) is 14.7. The molecule has 3 rings (SSSR count). The number of rotatable bonds is 4. The molecule has 0 unspecified atom stereocenters. The molecule has 1 N–H and O–H groups in total. The highest BCUT2D eigenvalue weighted by Gasteiger charge is 2.66. The van der Waals surface area contributed by atoms with E-state index in [4.69, 9.17) is 9.47 Å². The van der Waals surface area contributed by atoms with Gasteiger partial charge in [0.05, 0.1) is 26.1 Å². The van der Waals surface area contributed by atoms with Crippen LogP contribution in [0, 0.1) is 11.8 Å². The Morgan fingerprint density at radius 3 is 2.36 bits per heavy atom. The summed E-state index contributed by atoms with van der Waals surface area (Å²) in [5.74, 6) is -1.84. The number of carbonyl (C=O) groups excluding carboxylic acids is 3.